The van der Waals surface area contributed by atoms with Gasteiger partial charge >= 0.3 is 0 Å². The minimum Gasteiger partial charge on any atom is -0.340 e. The van der Waals surface area contributed by atoms with Crippen LogP contribution in [0.4, 0.5) is 10.1 Å². The Morgan fingerprint density at radius 1 is 1.31 bits per heavy atom. The topological polar surface area (TPSA) is 79.6 Å². The third-order valence-corrected chi connectivity index (χ3v) is 4.41. The van der Waals surface area contributed by atoms with Gasteiger partial charge in [-0.05, 0) is 31.5 Å². The van der Waals surface area contributed by atoms with Gasteiger partial charge in [0.1, 0.15) is 17.4 Å². The highest BCUT2D eigenvalue weighted by Crippen LogP contribution is 2.24. The van der Waals surface area contributed by atoms with Gasteiger partial charge in [0, 0.05) is 18.4 Å². The molecule has 0 radical (unpaired) electrons. The van der Waals surface area contributed by atoms with Crippen molar-refractivity contribution in [3.8, 4) is 0 Å². The first-order valence-corrected chi connectivity index (χ1v) is 8.22. The van der Waals surface area contributed by atoms with Crippen LogP contribution in [0.15, 0.2) is 42.7 Å². The summed E-state index contributed by atoms with van der Waals surface area (Å²) in [7, 11) is 0. The van der Waals surface area contributed by atoms with Crippen LogP contribution in [0.1, 0.15) is 22.5 Å². The molecule has 1 aliphatic heterocycles. The minimum atomic E-state index is -0.707. The lowest BCUT2D eigenvalue weighted by atomic mass is 10.2. The number of aryl methyl sites for hydroxylation is 1. The SMILES string of the molecule is Cc1ccn2ncc(C(=O)NC3CCN(c4ccccc4F)C3=O)c2n1. The predicted octanol–water partition coefficient (Wildman–Crippen LogP) is 1.71. The van der Waals surface area contributed by atoms with Crippen molar-refractivity contribution in [1.82, 2.24) is 19.9 Å². The molecule has 1 N–H and O–H groups in total. The molecule has 2 aromatic heterocycles. The lowest BCUT2D eigenvalue weighted by Gasteiger charge is -2.17. The summed E-state index contributed by atoms with van der Waals surface area (Å²) in [6.45, 7) is 2.16. The van der Waals surface area contributed by atoms with Gasteiger partial charge in [-0.25, -0.2) is 13.9 Å². The average molecular weight is 353 g/mol. The number of fused-ring (bicyclic) bond motifs is 1. The summed E-state index contributed by atoms with van der Waals surface area (Å²) in [5.74, 6) is -1.22. The number of carbonyl (C=O) groups excluding carboxylic acids is 2. The average Bonchev–Trinajstić information content (AvgIpc) is 3.19. The van der Waals surface area contributed by atoms with Crippen LogP contribution in [0, 0.1) is 12.7 Å². The second-order valence-electron chi connectivity index (χ2n) is 6.15. The van der Waals surface area contributed by atoms with Crippen LogP contribution in [0.2, 0.25) is 0 Å². The summed E-state index contributed by atoms with van der Waals surface area (Å²) >= 11 is 0. The first-order valence-electron chi connectivity index (χ1n) is 8.22. The number of rotatable bonds is 3. The molecule has 132 valence electrons. The summed E-state index contributed by atoms with van der Waals surface area (Å²) in [5, 5.41) is 6.81. The molecule has 3 aromatic rings. The van der Waals surface area contributed by atoms with Gasteiger partial charge in [-0.15, -0.1) is 0 Å². The molecule has 26 heavy (non-hydrogen) atoms. The molecular formula is C18H16FN5O2. The number of nitrogens with one attached hydrogen (secondary N) is 1. The zero-order valence-corrected chi connectivity index (χ0v) is 14.0. The van der Waals surface area contributed by atoms with Gasteiger partial charge in [-0.2, -0.15) is 5.10 Å². The van der Waals surface area contributed by atoms with E-state index in [9.17, 15) is 14.0 Å². The van der Waals surface area contributed by atoms with Crippen molar-refractivity contribution in [3.63, 3.8) is 0 Å². The zero-order valence-electron chi connectivity index (χ0n) is 14.0. The van der Waals surface area contributed by atoms with Crippen LogP contribution in [0.5, 0.6) is 0 Å². The normalized spacial score (nSPS) is 17.1. The van der Waals surface area contributed by atoms with E-state index in [0.29, 0.717) is 24.2 Å². The third-order valence-electron chi connectivity index (χ3n) is 4.41. The molecule has 8 heteroatoms. The Morgan fingerprint density at radius 2 is 2.12 bits per heavy atom. The van der Waals surface area contributed by atoms with Gasteiger partial charge in [0.05, 0.1) is 11.9 Å². The van der Waals surface area contributed by atoms with Crippen molar-refractivity contribution in [1.29, 1.82) is 0 Å². The molecule has 1 unspecified atom stereocenters. The number of carbonyl (C=O) groups is 2. The van der Waals surface area contributed by atoms with Crippen molar-refractivity contribution in [2.45, 2.75) is 19.4 Å². The Bertz CT molecular complexity index is 1020. The molecule has 3 heterocycles. The van der Waals surface area contributed by atoms with Crippen LogP contribution in [-0.2, 0) is 4.79 Å². The number of hydrogen-bond acceptors (Lipinski definition) is 4. The lowest BCUT2D eigenvalue weighted by molar-refractivity contribution is -0.118. The Balaban J connectivity index is 1.54. The summed E-state index contributed by atoms with van der Waals surface area (Å²) in [6, 6.07) is 7.18. The molecular weight excluding hydrogens is 337 g/mol. The van der Waals surface area contributed by atoms with Gasteiger partial charge in [0.25, 0.3) is 5.91 Å². The highest BCUT2D eigenvalue weighted by atomic mass is 19.1. The number of aromatic nitrogens is 3. The van der Waals surface area contributed by atoms with Gasteiger partial charge in [0.15, 0.2) is 5.65 Å². The number of nitrogens with zero attached hydrogens (tertiary/aromatic N) is 4. The Kier molecular flexibility index (Phi) is 3.87. The van der Waals surface area contributed by atoms with Gasteiger partial charge in [-0.3, -0.25) is 9.59 Å². The number of para-hydroxylation sites is 1. The molecule has 1 aliphatic rings. The molecule has 7 nitrogen and oxygen atoms in total. The predicted molar refractivity (Wildman–Crippen MR) is 92.3 cm³/mol. The van der Waals surface area contributed by atoms with Gasteiger partial charge in [-0.1, -0.05) is 12.1 Å². The van der Waals surface area contributed by atoms with E-state index >= 15 is 0 Å². The first-order chi connectivity index (χ1) is 12.5. The van der Waals surface area contributed by atoms with E-state index in [2.05, 4.69) is 15.4 Å². The number of anilines is 1. The fraction of sp³-hybridized carbons (Fsp3) is 0.222. The van der Waals surface area contributed by atoms with E-state index < -0.39 is 17.8 Å². The molecule has 4 rings (SSSR count). The molecule has 0 saturated carbocycles. The Labute approximate surface area is 148 Å². The van der Waals surface area contributed by atoms with Crippen molar-refractivity contribution in [2.24, 2.45) is 0 Å². The summed E-state index contributed by atoms with van der Waals surface area (Å²) in [4.78, 5) is 30.9. The standard InChI is InChI=1S/C18H16FN5O2/c1-11-6-9-24-16(21-11)12(10-20-24)17(25)22-14-7-8-23(18(14)26)15-5-3-2-4-13(15)19/h2-6,9-10,14H,7-8H2,1H3,(H,22,25). The van der Waals surface area contributed by atoms with Crippen LogP contribution >= 0.6 is 0 Å². The Hall–Kier alpha value is -3.29. The first kappa shape index (κ1) is 16.2. The molecule has 1 atom stereocenters. The molecule has 0 aliphatic carbocycles. The van der Waals surface area contributed by atoms with E-state index in [0.717, 1.165) is 5.69 Å². The van der Waals surface area contributed by atoms with Crippen LogP contribution in [0.3, 0.4) is 0 Å². The Morgan fingerprint density at radius 3 is 2.92 bits per heavy atom. The van der Waals surface area contributed by atoms with Crippen molar-refractivity contribution >= 4 is 23.1 Å². The van der Waals surface area contributed by atoms with Crippen LogP contribution in [-0.4, -0.2) is 39.0 Å². The molecule has 0 spiro atoms. The number of halogens is 1. The quantitative estimate of drug-likeness (QED) is 0.777. The maximum Gasteiger partial charge on any atom is 0.257 e. The van der Waals surface area contributed by atoms with E-state index in [4.69, 9.17) is 0 Å². The molecule has 1 fully saturated rings. The molecule has 0 bridgehead atoms. The molecule has 1 aromatic carbocycles. The fourth-order valence-corrected chi connectivity index (χ4v) is 3.08. The van der Waals surface area contributed by atoms with E-state index in [1.807, 2.05) is 6.92 Å². The second kappa shape index (κ2) is 6.21. The van der Waals surface area contributed by atoms with Crippen molar-refractivity contribution < 1.29 is 14.0 Å². The largest absolute Gasteiger partial charge is 0.340 e. The smallest absolute Gasteiger partial charge is 0.257 e. The van der Waals surface area contributed by atoms with Crippen LogP contribution in [0.25, 0.3) is 5.65 Å². The monoisotopic (exact) mass is 353 g/mol. The van der Waals surface area contributed by atoms with Crippen LogP contribution < -0.4 is 10.2 Å². The second-order valence-corrected chi connectivity index (χ2v) is 6.15. The summed E-state index contributed by atoms with van der Waals surface area (Å²) in [5.41, 5.74) is 1.71. The third kappa shape index (κ3) is 2.69. The van der Waals surface area contributed by atoms with Gasteiger partial charge < -0.3 is 10.2 Å². The molecule has 1 saturated heterocycles. The maximum absolute atomic E-state index is 13.9. The zero-order chi connectivity index (χ0) is 18.3. The number of hydrogen-bond donors (Lipinski definition) is 1. The number of benzene rings is 1. The molecule has 2 amide bonds. The van der Waals surface area contributed by atoms with Crippen molar-refractivity contribution in [2.75, 3.05) is 11.4 Å². The highest BCUT2D eigenvalue weighted by Gasteiger charge is 2.35. The highest BCUT2D eigenvalue weighted by molar-refractivity contribution is 6.05. The summed E-state index contributed by atoms with van der Waals surface area (Å²) < 4.78 is 15.4. The van der Waals surface area contributed by atoms with E-state index in [-0.39, 0.29) is 11.6 Å². The van der Waals surface area contributed by atoms with E-state index in [1.165, 1.54) is 21.7 Å². The summed E-state index contributed by atoms with van der Waals surface area (Å²) in [6.07, 6.45) is 3.55. The maximum atomic E-state index is 13.9. The van der Waals surface area contributed by atoms with Gasteiger partial charge in [0.2, 0.25) is 5.91 Å². The fourth-order valence-electron chi connectivity index (χ4n) is 3.08. The van der Waals surface area contributed by atoms with E-state index in [1.54, 1.807) is 30.5 Å². The number of amides is 2. The van der Waals surface area contributed by atoms with Crippen molar-refractivity contribution in [3.05, 3.63) is 59.8 Å². The lowest BCUT2D eigenvalue weighted by Crippen LogP contribution is -2.41. The minimum absolute atomic E-state index is 0.225.